The molecule has 2 amide bonds. The highest BCUT2D eigenvalue weighted by molar-refractivity contribution is 6.35. The molecule has 0 spiro atoms. The molecule has 0 fully saturated rings. The molecule has 2 aromatic rings. The molecule has 7 heteroatoms. The summed E-state index contributed by atoms with van der Waals surface area (Å²) in [6, 6.07) is 12.2. The van der Waals surface area contributed by atoms with Gasteiger partial charge in [-0.3, -0.25) is 9.59 Å². The van der Waals surface area contributed by atoms with Crippen molar-refractivity contribution in [2.75, 3.05) is 40.3 Å². The molecule has 0 bridgehead atoms. The molecule has 1 aliphatic heterocycles. The molecule has 0 radical (unpaired) electrons. The van der Waals surface area contributed by atoms with Gasteiger partial charge in [-0.1, -0.05) is 24.3 Å². The van der Waals surface area contributed by atoms with Crippen LogP contribution in [0.2, 0.25) is 0 Å². The average Bonchev–Trinajstić information content (AvgIpc) is 3.22. The number of fused-ring (bicyclic) bond motifs is 1. The maximum atomic E-state index is 12.2. The smallest absolute Gasteiger partial charge is 0.309 e. The Morgan fingerprint density at radius 1 is 1.11 bits per heavy atom. The number of nitrogens with one attached hydrogen (secondary N) is 4. The number of carbonyl (C=O) groups excluding carboxylic acids is 2. The highest BCUT2D eigenvalue weighted by Crippen LogP contribution is 2.15. The highest BCUT2D eigenvalue weighted by atomic mass is 16.3. The van der Waals surface area contributed by atoms with Gasteiger partial charge in [-0.2, -0.15) is 0 Å². The second kappa shape index (κ2) is 9.52. The van der Waals surface area contributed by atoms with E-state index >= 15 is 0 Å². The number of rotatable bonds is 7. The lowest BCUT2D eigenvalue weighted by Crippen LogP contribution is -3.12. The highest BCUT2D eigenvalue weighted by Gasteiger charge is 2.31. The normalized spacial score (nSPS) is 17.0. The van der Waals surface area contributed by atoms with Crippen molar-refractivity contribution >= 4 is 11.8 Å². The number of hydrogen-bond acceptors (Lipinski definition) is 3. The van der Waals surface area contributed by atoms with Crippen LogP contribution in [0.1, 0.15) is 22.9 Å². The van der Waals surface area contributed by atoms with E-state index in [0.717, 1.165) is 31.8 Å². The van der Waals surface area contributed by atoms with Gasteiger partial charge in [0.1, 0.15) is 6.54 Å². The number of furan rings is 1. The molecule has 3 rings (SSSR count). The van der Waals surface area contributed by atoms with E-state index in [-0.39, 0.29) is 6.04 Å². The van der Waals surface area contributed by atoms with Gasteiger partial charge in [0.25, 0.3) is 0 Å². The number of hydrogen-bond donors (Lipinski definition) is 4. The number of benzene rings is 1. The predicted octanol–water partition coefficient (Wildman–Crippen LogP) is -1.66. The molecule has 1 unspecified atom stereocenters. The largest absolute Gasteiger partial charge is 0.463 e. The first-order chi connectivity index (χ1) is 13.5. The van der Waals surface area contributed by atoms with E-state index in [1.807, 2.05) is 26.2 Å². The van der Waals surface area contributed by atoms with Crippen LogP contribution in [0.4, 0.5) is 0 Å². The van der Waals surface area contributed by atoms with Crippen LogP contribution in [-0.4, -0.2) is 52.1 Å². The summed E-state index contributed by atoms with van der Waals surface area (Å²) in [5.74, 6) is -0.355. The first kappa shape index (κ1) is 20.1. The minimum Gasteiger partial charge on any atom is -0.463 e. The lowest BCUT2D eigenvalue weighted by Gasteiger charge is -2.31. The van der Waals surface area contributed by atoms with Gasteiger partial charge in [-0.25, -0.2) is 0 Å². The summed E-state index contributed by atoms with van der Waals surface area (Å²) in [6.45, 7) is 3.43. The summed E-state index contributed by atoms with van der Waals surface area (Å²) in [5.41, 5.74) is 2.71. The Morgan fingerprint density at radius 2 is 1.86 bits per heavy atom. The zero-order valence-corrected chi connectivity index (χ0v) is 16.6. The zero-order valence-electron chi connectivity index (χ0n) is 16.6. The lowest BCUT2D eigenvalue weighted by molar-refractivity contribution is -0.946. The zero-order chi connectivity index (χ0) is 19.9. The fourth-order valence-electron chi connectivity index (χ4n) is 3.62. The molecule has 2 atom stereocenters. The Morgan fingerprint density at radius 3 is 2.57 bits per heavy atom. The van der Waals surface area contributed by atoms with Crippen LogP contribution in [0.3, 0.4) is 0 Å². The Labute approximate surface area is 165 Å². The van der Waals surface area contributed by atoms with Crippen LogP contribution in [0.5, 0.6) is 0 Å². The van der Waals surface area contributed by atoms with Gasteiger partial charge >= 0.3 is 11.8 Å². The molecule has 0 saturated heterocycles. The Hall–Kier alpha value is -2.64. The van der Waals surface area contributed by atoms with Crippen LogP contribution >= 0.6 is 0 Å². The number of carbonyl (C=O) groups is 2. The summed E-state index contributed by atoms with van der Waals surface area (Å²) in [5, 5.41) is 5.45. The average molecular weight is 386 g/mol. The molecule has 1 aromatic carbocycles. The van der Waals surface area contributed by atoms with Crippen molar-refractivity contribution in [3.63, 3.8) is 0 Å². The molecule has 1 aromatic heterocycles. The molecule has 4 N–H and O–H groups in total. The van der Waals surface area contributed by atoms with Gasteiger partial charge in [-0.05, 0) is 17.7 Å². The van der Waals surface area contributed by atoms with Crippen molar-refractivity contribution in [1.29, 1.82) is 0 Å². The first-order valence-corrected chi connectivity index (χ1v) is 9.84. The second-order valence-corrected chi connectivity index (χ2v) is 7.59. The molecule has 2 heterocycles. The van der Waals surface area contributed by atoms with Gasteiger partial charge < -0.3 is 24.9 Å². The summed E-state index contributed by atoms with van der Waals surface area (Å²) >= 11 is 0. The molecular weight excluding hydrogens is 356 g/mol. The fraction of sp³-hybridized carbons (Fsp3) is 0.429. The third kappa shape index (κ3) is 5.21. The quantitative estimate of drug-likeness (QED) is 0.430. The van der Waals surface area contributed by atoms with Crippen LogP contribution in [0.25, 0.3) is 0 Å². The van der Waals surface area contributed by atoms with E-state index in [1.54, 1.807) is 6.26 Å². The second-order valence-electron chi connectivity index (χ2n) is 7.59. The molecule has 150 valence electrons. The van der Waals surface area contributed by atoms with Crippen molar-refractivity contribution in [3.05, 3.63) is 59.5 Å². The minimum absolute atomic E-state index is 0.0358. The molecule has 7 nitrogen and oxygen atoms in total. The lowest BCUT2D eigenvalue weighted by atomic mass is 9.98. The van der Waals surface area contributed by atoms with Gasteiger partial charge in [0.15, 0.2) is 11.8 Å². The van der Waals surface area contributed by atoms with E-state index in [0.29, 0.717) is 13.1 Å². The molecule has 0 saturated carbocycles. The molecule has 0 aliphatic carbocycles. The van der Waals surface area contributed by atoms with Crippen LogP contribution in [0.15, 0.2) is 47.1 Å². The van der Waals surface area contributed by atoms with Crippen molar-refractivity contribution in [2.45, 2.75) is 19.0 Å². The van der Waals surface area contributed by atoms with Crippen molar-refractivity contribution < 1.29 is 23.8 Å². The molecule has 28 heavy (non-hydrogen) atoms. The number of quaternary nitrogens is 2. The minimum atomic E-state index is -0.595. The third-order valence-corrected chi connectivity index (χ3v) is 5.21. The number of likely N-dealkylation sites (N-methyl/N-ethyl adjacent to an activating group) is 1. The van der Waals surface area contributed by atoms with E-state index in [2.05, 4.69) is 34.9 Å². The maximum absolute atomic E-state index is 12.2. The topological polar surface area (TPSA) is 80.2 Å². The Kier molecular flexibility index (Phi) is 6.84. The third-order valence-electron chi connectivity index (χ3n) is 5.21. The fourth-order valence-corrected chi connectivity index (χ4v) is 3.62. The van der Waals surface area contributed by atoms with E-state index in [4.69, 9.17) is 4.42 Å². The Balaban J connectivity index is 1.61. The first-order valence-electron chi connectivity index (χ1n) is 9.84. The van der Waals surface area contributed by atoms with E-state index in [1.165, 1.54) is 20.9 Å². The van der Waals surface area contributed by atoms with Gasteiger partial charge in [0.05, 0.1) is 46.5 Å². The van der Waals surface area contributed by atoms with E-state index < -0.39 is 11.8 Å². The molecule has 1 aliphatic rings. The standard InChI is InChI=1S/C21H28N4O3/c1-24(2)12-10-22-20(26)21(27)23-14-18(19-8-5-13-28-19)25-11-9-16-6-3-4-7-17(16)15-25/h3-8,13,18H,9-12,14-15H2,1-2H3,(H,22,26)(H,23,27)/p+2/t18-/m0/s1. The van der Waals surface area contributed by atoms with Crippen LogP contribution in [-0.2, 0) is 22.6 Å². The summed E-state index contributed by atoms with van der Waals surface area (Å²) in [7, 11) is 4.00. The number of amides is 2. The van der Waals surface area contributed by atoms with Gasteiger partial charge in [-0.15, -0.1) is 0 Å². The van der Waals surface area contributed by atoms with E-state index in [9.17, 15) is 9.59 Å². The summed E-state index contributed by atoms with van der Waals surface area (Å²) < 4.78 is 5.65. The monoisotopic (exact) mass is 386 g/mol. The maximum Gasteiger partial charge on any atom is 0.309 e. The SMILES string of the molecule is C[NH+](C)CCNC(=O)C(=O)NC[C@@H](c1ccco1)[NH+]1CCc2ccccc2C1. The van der Waals surface area contributed by atoms with Crippen molar-refractivity contribution in [1.82, 2.24) is 10.6 Å². The van der Waals surface area contributed by atoms with Crippen molar-refractivity contribution in [2.24, 2.45) is 0 Å². The van der Waals surface area contributed by atoms with Crippen LogP contribution in [0, 0.1) is 0 Å². The molecular formula is C21H30N4O3+2. The Bertz CT molecular complexity index is 789. The van der Waals surface area contributed by atoms with Gasteiger partial charge in [0.2, 0.25) is 0 Å². The predicted molar refractivity (Wildman–Crippen MR) is 105 cm³/mol. The summed E-state index contributed by atoms with van der Waals surface area (Å²) in [6.07, 6.45) is 2.64. The summed E-state index contributed by atoms with van der Waals surface area (Å²) in [4.78, 5) is 26.7. The van der Waals surface area contributed by atoms with Gasteiger partial charge in [0, 0.05) is 12.0 Å². The van der Waals surface area contributed by atoms with Crippen molar-refractivity contribution in [3.8, 4) is 0 Å². The van der Waals surface area contributed by atoms with Crippen LogP contribution < -0.4 is 20.4 Å².